The number of carboxylic acids is 1. The number of hydrogen-bond donors (Lipinski definition) is 6. The molecule has 0 fully saturated rings. The maximum atomic E-state index is 12.7. The molecule has 9 nitrogen and oxygen atoms in total. The molecule has 1 amide bonds. The van der Waals surface area contributed by atoms with E-state index in [0.717, 1.165) is 5.56 Å². The second-order valence-corrected chi connectivity index (χ2v) is 8.81. The Balaban J connectivity index is 1.81. The van der Waals surface area contributed by atoms with E-state index in [9.17, 15) is 14.7 Å². The summed E-state index contributed by atoms with van der Waals surface area (Å²) in [4.78, 5) is 29.4. The number of thiazole rings is 1. The maximum absolute atomic E-state index is 12.7. The van der Waals surface area contributed by atoms with Crippen LogP contribution in [0.5, 0.6) is 0 Å². The molecule has 0 saturated heterocycles. The monoisotopic (exact) mass is 466 g/mol. The molecule has 0 aliphatic heterocycles. The van der Waals surface area contributed by atoms with Crippen molar-refractivity contribution >= 4 is 39.9 Å². The van der Waals surface area contributed by atoms with Crippen molar-refractivity contribution in [3.63, 3.8) is 0 Å². The third-order valence-electron chi connectivity index (χ3n) is 4.66. The van der Waals surface area contributed by atoms with Crippen LogP contribution in [0.3, 0.4) is 0 Å². The molecular formula is C23H26N6O3S. The number of carboxylic acid groups (broad SMARTS) is 1. The predicted molar refractivity (Wildman–Crippen MR) is 131 cm³/mol. The van der Waals surface area contributed by atoms with E-state index >= 15 is 0 Å². The Labute approximate surface area is 195 Å². The number of nitrogens with zero attached hydrogens (tertiary/aromatic N) is 1. The van der Waals surface area contributed by atoms with Crippen molar-refractivity contribution in [1.29, 1.82) is 5.41 Å². The summed E-state index contributed by atoms with van der Waals surface area (Å²) in [5.74, 6) is -1.32. The number of rotatable bonds is 9. The van der Waals surface area contributed by atoms with Crippen LogP contribution >= 0.6 is 11.3 Å². The fourth-order valence-corrected chi connectivity index (χ4v) is 4.24. The summed E-state index contributed by atoms with van der Waals surface area (Å²) >= 11 is 1.35. The zero-order valence-electron chi connectivity index (χ0n) is 18.3. The Hall–Kier alpha value is -3.92. The minimum absolute atomic E-state index is 0.0138. The predicted octanol–water partition coefficient (Wildman–Crippen LogP) is 3.05. The molecule has 2 aromatic carbocycles. The Kier molecular flexibility index (Phi) is 7.29. The molecule has 0 spiro atoms. The van der Waals surface area contributed by atoms with E-state index in [-0.39, 0.29) is 29.8 Å². The van der Waals surface area contributed by atoms with Crippen LogP contribution < -0.4 is 22.1 Å². The van der Waals surface area contributed by atoms with E-state index in [1.165, 1.54) is 23.5 Å². The second kappa shape index (κ2) is 10.1. The Morgan fingerprint density at radius 1 is 1.15 bits per heavy atom. The van der Waals surface area contributed by atoms with Crippen molar-refractivity contribution in [2.24, 2.45) is 5.73 Å². The lowest BCUT2D eigenvalue weighted by Crippen LogP contribution is -2.25. The fourth-order valence-electron chi connectivity index (χ4n) is 3.13. The van der Waals surface area contributed by atoms with Gasteiger partial charge in [-0.25, -0.2) is 9.78 Å². The first kappa shape index (κ1) is 23.7. The first-order chi connectivity index (χ1) is 15.6. The molecule has 33 heavy (non-hydrogen) atoms. The lowest BCUT2D eigenvalue weighted by Gasteiger charge is -2.08. The quantitative estimate of drug-likeness (QED) is 0.160. The number of carbonyl (C=O) groups excluding carboxylic acids is 1. The van der Waals surface area contributed by atoms with Crippen LogP contribution in [-0.4, -0.2) is 33.8 Å². The number of hydrogen-bond acceptors (Lipinski definition) is 7. The highest BCUT2D eigenvalue weighted by Gasteiger charge is 2.18. The average molecular weight is 467 g/mol. The van der Waals surface area contributed by atoms with Crippen molar-refractivity contribution in [2.45, 2.75) is 32.9 Å². The molecule has 0 aliphatic rings. The van der Waals surface area contributed by atoms with Crippen molar-refractivity contribution in [3.8, 4) is 10.4 Å². The molecule has 3 aromatic rings. The number of nitrogens with one attached hydrogen (secondary N) is 3. The molecule has 172 valence electrons. The van der Waals surface area contributed by atoms with Crippen LogP contribution in [-0.2, 0) is 17.8 Å². The molecule has 8 N–H and O–H groups in total. The minimum Gasteiger partial charge on any atom is -0.478 e. The van der Waals surface area contributed by atoms with Gasteiger partial charge >= 0.3 is 5.97 Å². The van der Waals surface area contributed by atoms with E-state index in [1.54, 1.807) is 30.3 Å². The summed E-state index contributed by atoms with van der Waals surface area (Å²) in [6.45, 7) is 4.27. The van der Waals surface area contributed by atoms with Gasteiger partial charge in [-0.3, -0.25) is 10.2 Å². The highest BCUT2D eigenvalue weighted by molar-refractivity contribution is 7.19. The van der Waals surface area contributed by atoms with Crippen LogP contribution in [0.15, 0.2) is 42.5 Å². The van der Waals surface area contributed by atoms with Crippen LogP contribution in [0.4, 0.5) is 10.8 Å². The summed E-state index contributed by atoms with van der Waals surface area (Å²) in [6, 6.07) is 11.8. The van der Waals surface area contributed by atoms with Crippen LogP contribution in [0.25, 0.3) is 10.4 Å². The smallest absolute Gasteiger partial charge is 0.335 e. The van der Waals surface area contributed by atoms with Crippen LogP contribution in [0.2, 0.25) is 0 Å². The number of aromatic carboxylic acids is 1. The van der Waals surface area contributed by atoms with Gasteiger partial charge in [0, 0.05) is 23.8 Å². The topological polar surface area (TPSA) is 167 Å². The van der Waals surface area contributed by atoms with Gasteiger partial charge in [0.15, 0.2) is 5.13 Å². The number of benzene rings is 2. The third kappa shape index (κ3) is 6.30. The van der Waals surface area contributed by atoms with E-state index in [0.29, 0.717) is 39.1 Å². The average Bonchev–Trinajstić information content (AvgIpc) is 3.13. The second-order valence-electron chi connectivity index (χ2n) is 7.81. The highest BCUT2D eigenvalue weighted by atomic mass is 32.1. The number of amides is 1. The number of anilines is 2. The third-order valence-corrected chi connectivity index (χ3v) is 5.73. The molecule has 0 atom stereocenters. The van der Waals surface area contributed by atoms with E-state index in [1.807, 2.05) is 13.8 Å². The first-order valence-corrected chi connectivity index (χ1v) is 11.0. The van der Waals surface area contributed by atoms with Gasteiger partial charge in [0.25, 0.3) is 0 Å². The molecule has 3 rings (SSSR count). The van der Waals surface area contributed by atoms with Crippen molar-refractivity contribution in [1.82, 2.24) is 10.3 Å². The molecule has 0 aliphatic carbocycles. The van der Waals surface area contributed by atoms with Gasteiger partial charge in [0.1, 0.15) is 5.84 Å². The van der Waals surface area contributed by atoms with E-state index in [2.05, 4.69) is 15.6 Å². The zero-order valence-corrected chi connectivity index (χ0v) is 19.1. The van der Waals surface area contributed by atoms with Gasteiger partial charge < -0.3 is 27.2 Å². The number of nitrogen functional groups attached to an aromatic ring is 2. The van der Waals surface area contributed by atoms with Gasteiger partial charge in [-0.2, -0.15) is 0 Å². The van der Waals surface area contributed by atoms with Gasteiger partial charge in [-0.1, -0.05) is 35.6 Å². The molecule has 0 saturated carbocycles. The standard InChI is InChI=1S/C23H26N6O3S/c1-12(2)28-23-29-18(20(33-23)15-7-16(22(31)32)9-17(24)8-15)10-19(30)27-11-13-3-5-14(6-4-13)21(25)26/h3-9,12H,10-11,24H2,1-2H3,(H3,25,26)(H,27,30)(H,28,29)(H,31,32). The molecule has 0 radical (unpaired) electrons. The lowest BCUT2D eigenvalue weighted by molar-refractivity contribution is -0.120. The number of aromatic nitrogens is 1. The Morgan fingerprint density at radius 2 is 1.85 bits per heavy atom. The molecule has 0 unspecified atom stereocenters. The van der Waals surface area contributed by atoms with Gasteiger partial charge in [-0.05, 0) is 43.2 Å². The lowest BCUT2D eigenvalue weighted by atomic mass is 10.1. The Bertz CT molecular complexity index is 1190. The Morgan fingerprint density at radius 3 is 2.45 bits per heavy atom. The first-order valence-electron chi connectivity index (χ1n) is 10.2. The SMILES string of the molecule is CC(C)Nc1nc(CC(=O)NCc2ccc(C(=N)N)cc2)c(-c2cc(N)cc(C(=O)O)c2)s1. The molecule has 0 bridgehead atoms. The molecule has 1 heterocycles. The van der Waals surface area contributed by atoms with Gasteiger partial charge in [-0.15, -0.1) is 0 Å². The summed E-state index contributed by atoms with van der Waals surface area (Å²) < 4.78 is 0. The summed E-state index contributed by atoms with van der Waals surface area (Å²) in [7, 11) is 0. The van der Waals surface area contributed by atoms with Crippen LogP contribution in [0.1, 0.15) is 41.0 Å². The van der Waals surface area contributed by atoms with E-state index in [4.69, 9.17) is 16.9 Å². The molecular weight excluding hydrogens is 440 g/mol. The van der Waals surface area contributed by atoms with Crippen molar-refractivity contribution in [2.75, 3.05) is 11.1 Å². The van der Waals surface area contributed by atoms with E-state index < -0.39 is 5.97 Å². The number of nitrogens with two attached hydrogens (primary N) is 2. The maximum Gasteiger partial charge on any atom is 0.335 e. The molecule has 10 heteroatoms. The number of carbonyl (C=O) groups is 2. The molecule has 1 aromatic heterocycles. The summed E-state index contributed by atoms with van der Waals surface area (Å²) in [5.41, 5.74) is 14.4. The fraction of sp³-hybridized carbons (Fsp3) is 0.217. The van der Waals surface area contributed by atoms with Crippen LogP contribution in [0, 0.1) is 5.41 Å². The summed E-state index contributed by atoms with van der Waals surface area (Å²) in [6.07, 6.45) is 0.0222. The summed E-state index contributed by atoms with van der Waals surface area (Å²) in [5, 5.41) is 23.6. The minimum atomic E-state index is -1.08. The largest absolute Gasteiger partial charge is 0.478 e. The van der Waals surface area contributed by atoms with Crippen molar-refractivity contribution < 1.29 is 14.7 Å². The zero-order chi connectivity index (χ0) is 24.1. The van der Waals surface area contributed by atoms with Crippen molar-refractivity contribution in [3.05, 3.63) is 64.8 Å². The highest BCUT2D eigenvalue weighted by Crippen LogP contribution is 2.35. The van der Waals surface area contributed by atoms with Gasteiger partial charge in [0.2, 0.25) is 5.91 Å². The number of amidine groups is 1. The van der Waals surface area contributed by atoms with Gasteiger partial charge in [0.05, 0.1) is 22.6 Å². The normalized spacial score (nSPS) is 10.8.